The van der Waals surface area contributed by atoms with E-state index in [4.69, 9.17) is 0 Å². The second kappa shape index (κ2) is 7.47. The quantitative estimate of drug-likeness (QED) is 0.905. The molecule has 0 spiro atoms. The van der Waals surface area contributed by atoms with Crippen LogP contribution in [0.5, 0.6) is 0 Å². The number of aromatic nitrogens is 2. The fraction of sp³-hybridized carbons (Fsp3) is 0.556. The Morgan fingerprint density at radius 1 is 1.50 bits per heavy atom. The zero-order valence-corrected chi connectivity index (χ0v) is 15.5. The van der Waals surface area contributed by atoms with E-state index in [-0.39, 0.29) is 6.03 Å². The van der Waals surface area contributed by atoms with Gasteiger partial charge in [0.25, 0.3) is 0 Å². The van der Waals surface area contributed by atoms with Crippen LogP contribution >= 0.6 is 11.8 Å². The highest BCUT2D eigenvalue weighted by Gasteiger charge is 2.29. The summed E-state index contributed by atoms with van der Waals surface area (Å²) in [4.78, 5) is 18.9. The van der Waals surface area contributed by atoms with Gasteiger partial charge in [0.05, 0.1) is 5.69 Å². The molecular formula is C18H26N4OS. The average molecular weight is 347 g/mol. The lowest BCUT2D eigenvalue weighted by molar-refractivity contribution is 0.191. The summed E-state index contributed by atoms with van der Waals surface area (Å²) in [6.45, 7) is 2.68. The number of carbonyl (C=O) groups excluding carboxylic acids is 1. The molecule has 1 aliphatic rings. The summed E-state index contributed by atoms with van der Waals surface area (Å²) in [7, 11) is 1.91. The summed E-state index contributed by atoms with van der Waals surface area (Å²) in [5.41, 5.74) is 3.16. The minimum Gasteiger partial charge on any atom is -0.338 e. The van der Waals surface area contributed by atoms with Crippen LogP contribution in [-0.4, -0.2) is 51.5 Å². The molecule has 2 atom stereocenters. The van der Waals surface area contributed by atoms with Crippen LogP contribution in [0.3, 0.4) is 0 Å². The number of rotatable bonds is 5. The highest BCUT2D eigenvalue weighted by molar-refractivity contribution is 7.99. The van der Waals surface area contributed by atoms with Crippen LogP contribution in [0.25, 0.3) is 5.65 Å². The Morgan fingerprint density at radius 3 is 3.04 bits per heavy atom. The molecule has 0 aliphatic heterocycles. The minimum atomic E-state index is 0.0293. The molecule has 2 aromatic rings. The minimum absolute atomic E-state index is 0.0293. The van der Waals surface area contributed by atoms with Crippen molar-refractivity contribution in [3.63, 3.8) is 0 Å². The molecule has 1 N–H and O–H groups in total. The van der Waals surface area contributed by atoms with E-state index < -0.39 is 0 Å². The van der Waals surface area contributed by atoms with Crippen molar-refractivity contribution >= 4 is 23.4 Å². The number of carbonyl (C=O) groups is 1. The summed E-state index contributed by atoms with van der Waals surface area (Å²) in [6.07, 6.45) is 10.4. The molecule has 2 aromatic heterocycles. The van der Waals surface area contributed by atoms with Crippen molar-refractivity contribution in [3.05, 3.63) is 35.8 Å². The van der Waals surface area contributed by atoms with Crippen molar-refractivity contribution in [2.24, 2.45) is 0 Å². The van der Waals surface area contributed by atoms with Gasteiger partial charge < -0.3 is 14.6 Å². The van der Waals surface area contributed by atoms with Gasteiger partial charge >= 0.3 is 6.03 Å². The molecule has 130 valence electrons. The first kappa shape index (κ1) is 17.1. The molecule has 0 saturated heterocycles. The van der Waals surface area contributed by atoms with E-state index >= 15 is 0 Å². The fourth-order valence-electron chi connectivity index (χ4n) is 3.40. The molecule has 5 nitrogen and oxygen atoms in total. The molecule has 24 heavy (non-hydrogen) atoms. The van der Waals surface area contributed by atoms with E-state index in [0.717, 1.165) is 36.2 Å². The number of thioether (sulfide) groups is 1. The van der Waals surface area contributed by atoms with Crippen molar-refractivity contribution in [2.75, 3.05) is 19.8 Å². The molecular weight excluding hydrogens is 320 g/mol. The van der Waals surface area contributed by atoms with Gasteiger partial charge in [0.2, 0.25) is 0 Å². The van der Waals surface area contributed by atoms with Gasteiger partial charge in [0.15, 0.2) is 0 Å². The Hall–Kier alpha value is -1.69. The maximum Gasteiger partial charge on any atom is 0.317 e. The van der Waals surface area contributed by atoms with E-state index in [2.05, 4.69) is 29.5 Å². The van der Waals surface area contributed by atoms with Crippen LogP contribution in [0.15, 0.2) is 24.5 Å². The van der Waals surface area contributed by atoms with Gasteiger partial charge in [-0.05, 0) is 44.1 Å². The number of amides is 2. The Morgan fingerprint density at radius 2 is 2.33 bits per heavy atom. The van der Waals surface area contributed by atoms with Crippen LogP contribution in [0, 0.1) is 6.92 Å². The molecule has 0 radical (unpaired) electrons. The molecule has 0 aromatic carbocycles. The van der Waals surface area contributed by atoms with E-state index in [1.807, 2.05) is 46.6 Å². The summed E-state index contributed by atoms with van der Waals surface area (Å²) in [5, 5.41) is 3.73. The number of nitrogens with zero attached hydrogens (tertiary/aromatic N) is 3. The van der Waals surface area contributed by atoms with Crippen LogP contribution in [0.4, 0.5) is 4.79 Å². The number of hydrogen-bond donors (Lipinski definition) is 1. The van der Waals surface area contributed by atoms with Gasteiger partial charge in [-0.2, -0.15) is 11.8 Å². The summed E-state index contributed by atoms with van der Waals surface area (Å²) in [5.74, 6) is 0. The van der Waals surface area contributed by atoms with E-state index in [9.17, 15) is 4.79 Å². The van der Waals surface area contributed by atoms with Crippen LogP contribution in [0.1, 0.15) is 30.5 Å². The molecule has 3 rings (SSSR count). The molecule has 0 unspecified atom stereocenters. The predicted molar refractivity (Wildman–Crippen MR) is 99.7 cm³/mol. The second-order valence-electron chi connectivity index (χ2n) is 6.57. The Labute approximate surface area is 147 Å². The molecule has 6 heteroatoms. The zero-order valence-electron chi connectivity index (χ0n) is 14.7. The SMILES string of the molecule is CS[C@H]1CC[C@H](N(C)C(=O)NCCc2cn3cccc(C)c3n2)C1. The highest BCUT2D eigenvalue weighted by Crippen LogP contribution is 2.30. The molecule has 1 aliphatic carbocycles. The third kappa shape index (κ3) is 3.69. The number of hydrogen-bond acceptors (Lipinski definition) is 3. The highest BCUT2D eigenvalue weighted by atomic mass is 32.2. The average Bonchev–Trinajstić information content (AvgIpc) is 3.21. The lowest BCUT2D eigenvalue weighted by Gasteiger charge is -2.24. The second-order valence-corrected chi connectivity index (χ2v) is 7.71. The van der Waals surface area contributed by atoms with Crippen molar-refractivity contribution in [3.8, 4) is 0 Å². The smallest absolute Gasteiger partial charge is 0.317 e. The third-order valence-corrected chi connectivity index (χ3v) is 6.04. The lowest BCUT2D eigenvalue weighted by Crippen LogP contribution is -2.43. The first-order valence-electron chi connectivity index (χ1n) is 8.55. The predicted octanol–water partition coefficient (Wildman–Crippen LogP) is 3.11. The van der Waals surface area contributed by atoms with Crippen LogP contribution in [-0.2, 0) is 6.42 Å². The maximum atomic E-state index is 12.3. The first-order chi connectivity index (χ1) is 11.6. The standard InChI is InChI=1S/C18H26N4OS/c1-13-5-4-10-22-12-14(20-17(13)22)8-9-19-18(23)21(2)15-6-7-16(11-15)24-3/h4-5,10,12,15-16H,6-9,11H2,1-3H3,(H,19,23)/t15-,16-/m0/s1. The molecule has 2 heterocycles. The monoisotopic (exact) mass is 346 g/mol. The maximum absolute atomic E-state index is 12.3. The van der Waals surface area contributed by atoms with Gasteiger partial charge in [-0.3, -0.25) is 0 Å². The number of urea groups is 1. The number of aryl methyl sites for hydroxylation is 1. The molecule has 1 fully saturated rings. The molecule has 1 saturated carbocycles. The Kier molecular flexibility index (Phi) is 5.33. The number of imidazole rings is 1. The fourth-order valence-corrected chi connectivity index (χ4v) is 4.18. The van der Waals surface area contributed by atoms with E-state index in [0.29, 0.717) is 17.8 Å². The molecule has 2 amide bonds. The first-order valence-corrected chi connectivity index (χ1v) is 9.84. The Balaban J connectivity index is 1.50. The summed E-state index contributed by atoms with van der Waals surface area (Å²) in [6, 6.07) is 4.49. The van der Waals surface area contributed by atoms with Crippen molar-refractivity contribution < 1.29 is 4.79 Å². The topological polar surface area (TPSA) is 49.6 Å². The number of fused-ring (bicyclic) bond motifs is 1. The van der Waals surface area contributed by atoms with Gasteiger partial charge in [-0.15, -0.1) is 0 Å². The van der Waals surface area contributed by atoms with Crippen LogP contribution in [0.2, 0.25) is 0 Å². The third-order valence-electron chi connectivity index (χ3n) is 4.94. The van der Waals surface area contributed by atoms with Crippen molar-refractivity contribution in [2.45, 2.75) is 43.9 Å². The number of nitrogens with one attached hydrogen (secondary N) is 1. The van der Waals surface area contributed by atoms with Gasteiger partial charge in [0, 0.05) is 43.7 Å². The Bertz CT molecular complexity index is 714. The van der Waals surface area contributed by atoms with Crippen LogP contribution < -0.4 is 5.32 Å². The largest absolute Gasteiger partial charge is 0.338 e. The van der Waals surface area contributed by atoms with Gasteiger partial charge in [-0.25, -0.2) is 9.78 Å². The van der Waals surface area contributed by atoms with Gasteiger partial charge in [-0.1, -0.05) is 6.07 Å². The normalized spacial score (nSPS) is 20.5. The van der Waals surface area contributed by atoms with Crippen molar-refractivity contribution in [1.82, 2.24) is 19.6 Å². The number of pyridine rings is 1. The van der Waals surface area contributed by atoms with Crippen molar-refractivity contribution in [1.29, 1.82) is 0 Å². The summed E-state index contributed by atoms with van der Waals surface area (Å²) >= 11 is 1.91. The lowest BCUT2D eigenvalue weighted by atomic mass is 10.2. The zero-order chi connectivity index (χ0) is 17.1. The van der Waals surface area contributed by atoms with Gasteiger partial charge in [0.1, 0.15) is 5.65 Å². The summed E-state index contributed by atoms with van der Waals surface area (Å²) < 4.78 is 2.04. The van der Waals surface area contributed by atoms with E-state index in [1.54, 1.807) is 0 Å². The van der Waals surface area contributed by atoms with E-state index in [1.165, 1.54) is 6.42 Å². The molecule has 0 bridgehead atoms.